The van der Waals surface area contributed by atoms with Crippen molar-refractivity contribution in [2.24, 2.45) is 0 Å². The van der Waals surface area contributed by atoms with E-state index in [1.807, 2.05) is 6.07 Å². The number of thiophene rings is 1. The molecule has 1 saturated heterocycles. The topological polar surface area (TPSA) is 61.0 Å². The van der Waals surface area contributed by atoms with Gasteiger partial charge in [0, 0.05) is 30.9 Å². The van der Waals surface area contributed by atoms with Crippen molar-refractivity contribution in [3.63, 3.8) is 0 Å². The molecule has 0 bridgehead atoms. The Bertz CT molecular complexity index is 567. The highest BCUT2D eigenvalue weighted by atomic mass is 32.1. The van der Waals surface area contributed by atoms with E-state index >= 15 is 0 Å². The van der Waals surface area contributed by atoms with Gasteiger partial charge in [0.1, 0.15) is 0 Å². The van der Waals surface area contributed by atoms with E-state index in [1.54, 1.807) is 17.5 Å². The highest BCUT2D eigenvalue weighted by molar-refractivity contribution is 7.07. The number of likely N-dealkylation sites (tertiary alicyclic amines) is 1. The van der Waals surface area contributed by atoms with Crippen LogP contribution in [0, 0.1) is 0 Å². The highest BCUT2D eigenvalue weighted by Gasteiger charge is 2.23. The van der Waals surface area contributed by atoms with E-state index in [-0.39, 0.29) is 5.91 Å². The molecule has 118 valence electrons. The Labute approximate surface area is 134 Å². The standard InChI is InChI=1S/C16H22N4OS/c21-16(17-6-3-13-5-9-22-12-13)11-20-8-1-2-14(10-20)15-4-7-18-19-15/h4-5,7,9,12,14H,1-3,6,8,10-11H2,(H,17,21)(H,18,19). The van der Waals surface area contributed by atoms with Gasteiger partial charge in [0.15, 0.2) is 0 Å². The Hall–Kier alpha value is -1.66. The molecule has 0 aliphatic carbocycles. The molecule has 1 aliphatic heterocycles. The quantitative estimate of drug-likeness (QED) is 0.856. The molecule has 3 heterocycles. The molecule has 1 aliphatic rings. The monoisotopic (exact) mass is 318 g/mol. The molecular formula is C16H22N4OS. The zero-order chi connectivity index (χ0) is 15.2. The normalized spacial score (nSPS) is 19.2. The molecule has 0 saturated carbocycles. The second-order valence-corrected chi connectivity index (χ2v) is 6.60. The lowest BCUT2D eigenvalue weighted by Gasteiger charge is -2.31. The number of amides is 1. The van der Waals surface area contributed by atoms with Crippen molar-refractivity contribution in [3.8, 4) is 0 Å². The number of aromatic amines is 1. The number of nitrogens with zero attached hydrogens (tertiary/aromatic N) is 2. The summed E-state index contributed by atoms with van der Waals surface area (Å²) in [5.41, 5.74) is 2.48. The molecule has 1 atom stereocenters. The Balaban J connectivity index is 1.41. The predicted molar refractivity (Wildman–Crippen MR) is 88.0 cm³/mol. The number of carbonyl (C=O) groups excluding carboxylic acids is 1. The number of hydrogen-bond acceptors (Lipinski definition) is 4. The first-order chi connectivity index (χ1) is 10.8. The molecule has 1 fully saturated rings. The van der Waals surface area contributed by atoms with E-state index in [1.165, 1.54) is 17.7 Å². The third-order valence-corrected chi connectivity index (χ3v) is 4.88. The summed E-state index contributed by atoms with van der Waals surface area (Å²) in [5, 5.41) is 14.3. The van der Waals surface area contributed by atoms with Gasteiger partial charge in [0.05, 0.1) is 6.54 Å². The molecule has 2 N–H and O–H groups in total. The first kappa shape index (κ1) is 15.2. The second kappa shape index (κ2) is 7.56. The molecule has 0 radical (unpaired) electrons. The van der Waals surface area contributed by atoms with Crippen LogP contribution in [0.15, 0.2) is 29.1 Å². The summed E-state index contributed by atoms with van der Waals surface area (Å²) >= 11 is 1.70. The van der Waals surface area contributed by atoms with Crippen LogP contribution in [-0.4, -0.2) is 47.2 Å². The lowest BCUT2D eigenvalue weighted by molar-refractivity contribution is -0.122. The van der Waals surface area contributed by atoms with Gasteiger partial charge >= 0.3 is 0 Å². The minimum Gasteiger partial charge on any atom is -0.355 e. The number of nitrogens with one attached hydrogen (secondary N) is 2. The van der Waals surface area contributed by atoms with E-state index in [0.717, 1.165) is 25.9 Å². The molecule has 2 aromatic heterocycles. The fraction of sp³-hybridized carbons (Fsp3) is 0.500. The van der Waals surface area contributed by atoms with Gasteiger partial charge in [0.25, 0.3) is 0 Å². The summed E-state index contributed by atoms with van der Waals surface area (Å²) in [6.07, 6.45) is 5.00. The van der Waals surface area contributed by atoms with Gasteiger partial charge < -0.3 is 5.32 Å². The third kappa shape index (κ3) is 4.18. The second-order valence-electron chi connectivity index (χ2n) is 5.82. The lowest BCUT2D eigenvalue weighted by Crippen LogP contribution is -2.42. The van der Waals surface area contributed by atoms with Crippen LogP contribution in [0.3, 0.4) is 0 Å². The fourth-order valence-corrected chi connectivity index (χ4v) is 3.69. The molecule has 2 aromatic rings. The van der Waals surface area contributed by atoms with Crippen molar-refractivity contribution in [3.05, 3.63) is 40.3 Å². The summed E-state index contributed by atoms with van der Waals surface area (Å²) in [7, 11) is 0. The minimum atomic E-state index is 0.125. The fourth-order valence-electron chi connectivity index (χ4n) is 2.99. The van der Waals surface area contributed by atoms with E-state index in [4.69, 9.17) is 0 Å². The van der Waals surface area contributed by atoms with Gasteiger partial charge in [-0.2, -0.15) is 16.4 Å². The molecule has 1 amide bonds. The van der Waals surface area contributed by atoms with Crippen LogP contribution in [0.25, 0.3) is 0 Å². The van der Waals surface area contributed by atoms with Crippen molar-refractivity contribution >= 4 is 17.2 Å². The average molecular weight is 318 g/mol. The first-order valence-corrected chi connectivity index (χ1v) is 8.75. The SMILES string of the molecule is O=C(CN1CCCC(c2ccn[nH]2)C1)NCCc1ccsc1. The van der Waals surface area contributed by atoms with Crippen molar-refractivity contribution in [1.29, 1.82) is 0 Å². The Morgan fingerprint density at radius 1 is 1.50 bits per heavy atom. The summed E-state index contributed by atoms with van der Waals surface area (Å²) < 4.78 is 0. The lowest BCUT2D eigenvalue weighted by atomic mass is 9.95. The minimum absolute atomic E-state index is 0.125. The summed E-state index contributed by atoms with van der Waals surface area (Å²) in [4.78, 5) is 14.3. The number of aromatic nitrogens is 2. The molecule has 5 nitrogen and oxygen atoms in total. The maximum Gasteiger partial charge on any atom is 0.234 e. The van der Waals surface area contributed by atoms with Gasteiger partial charge in [-0.1, -0.05) is 0 Å². The average Bonchev–Trinajstić information content (AvgIpc) is 3.21. The maximum atomic E-state index is 12.1. The van der Waals surface area contributed by atoms with E-state index in [0.29, 0.717) is 19.0 Å². The number of piperidine rings is 1. The third-order valence-electron chi connectivity index (χ3n) is 4.15. The molecule has 0 spiro atoms. The zero-order valence-electron chi connectivity index (χ0n) is 12.6. The Morgan fingerprint density at radius 3 is 3.23 bits per heavy atom. The maximum absolute atomic E-state index is 12.1. The van der Waals surface area contributed by atoms with Gasteiger partial charge in [0.2, 0.25) is 5.91 Å². The van der Waals surface area contributed by atoms with Crippen LogP contribution >= 0.6 is 11.3 Å². The van der Waals surface area contributed by atoms with Gasteiger partial charge in [-0.15, -0.1) is 0 Å². The van der Waals surface area contributed by atoms with E-state index in [9.17, 15) is 4.79 Å². The number of H-pyrrole nitrogens is 1. The Morgan fingerprint density at radius 2 is 2.45 bits per heavy atom. The van der Waals surface area contributed by atoms with Crippen molar-refractivity contribution < 1.29 is 4.79 Å². The van der Waals surface area contributed by atoms with Gasteiger partial charge in [-0.3, -0.25) is 14.8 Å². The van der Waals surface area contributed by atoms with Crippen LogP contribution in [-0.2, 0) is 11.2 Å². The number of carbonyl (C=O) groups is 1. The molecular weight excluding hydrogens is 296 g/mol. The van der Waals surface area contributed by atoms with E-state index < -0.39 is 0 Å². The van der Waals surface area contributed by atoms with Crippen LogP contribution in [0.4, 0.5) is 0 Å². The van der Waals surface area contributed by atoms with Gasteiger partial charge in [-0.05, 0) is 54.3 Å². The van der Waals surface area contributed by atoms with Crippen molar-refractivity contribution in [1.82, 2.24) is 20.4 Å². The Kier molecular flexibility index (Phi) is 5.24. The van der Waals surface area contributed by atoms with Crippen molar-refractivity contribution in [2.75, 3.05) is 26.2 Å². The molecule has 6 heteroatoms. The van der Waals surface area contributed by atoms with E-state index in [2.05, 4.69) is 37.2 Å². The molecule has 1 unspecified atom stereocenters. The number of rotatable bonds is 6. The highest BCUT2D eigenvalue weighted by Crippen LogP contribution is 2.24. The zero-order valence-corrected chi connectivity index (χ0v) is 13.4. The molecule has 22 heavy (non-hydrogen) atoms. The van der Waals surface area contributed by atoms with Gasteiger partial charge in [-0.25, -0.2) is 0 Å². The smallest absolute Gasteiger partial charge is 0.234 e. The predicted octanol–water partition coefficient (Wildman–Crippen LogP) is 2.01. The van der Waals surface area contributed by atoms with Crippen molar-refractivity contribution in [2.45, 2.75) is 25.2 Å². The molecule has 3 rings (SSSR count). The van der Waals surface area contributed by atoms with Crippen LogP contribution in [0.5, 0.6) is 0 Å². The van der Waals surface area contributed by atoms with Crippen LogP contribution < -0.4 is 5.32 Å². The number of hydrogen-bond donors (Lipinski definition) is 2. The summed E-state index contributed by atoms with van der Waals surface area (Å²) in [5.74, 6) is 0.593. The van der Waals surface area contributed by atoms with Crippen LogP contribution in [0.2, 0.25) is 0 Å². The largest absolute Gasteiger partial charge is 0.355 e. The van der Waals surface area contributed by atoms with Crippen LogP contribution in [0.1, 0.15) is 30.0 Å². The summed E-state index contributed by atoms with van der Waals surface area (Å²) in [6, 6.07) is 4.14. The first-order valence-electron chi connectivity index (χ1n) is 7.80. The summed E-state index contributed by atoms with van der Waals surface area (Å²) in [6.45, 7) is 3.14. The molecule has 0 aromatic carbocycles.